The average Bonchev–Trinajstić information content (AvgIpc) is 3.26. The Bertz CT molecular complexity index is 1200. The van der Waals surface area contributed by atoms with Crippen molar-refractivity contribution in [3.63, 3.8) is 0 Å². The van der Waals surface area contributed by atoms with Crippen LogP contribution in [0.15, 0.2) is 60.8 Å². The highest BCUT2D eigenvalue weighted by Crippen LogP contribution is 2.39. The Labute approximate surface area is 209 Å². The largest absolute Gasteiger partial charge is 0.490 e. The van der Waals surface area contributed by atoms with Gasteiger partial charge in [0.25, 0.3) is 5.91 Å². The fourth-order valence-electron chi connectivity index (χ4n) is 4.28. The molecule has 1 saturated heterocycles. The monoisotopic (exact) mass is 526 g/mol. The fraction of sp³-hybridized carbons (Fsp3) is 0.280. The Balaban J connectivity index is 1.58. The highest BCUT2D eigenvalue weighted by atomic mass is 35.5. The lowest BCUT2D eigenvalue weighted by Crippen LogP contribution is -2.32. The van der Waals surface area contributed by atoms with Crippen LogP contribution >= 0.6 is 23.2 Å². The molecule has 0 saturated carbocycles. The first-order valence-corrected chi connectivity index (χ1v) is 11.5. The molecule has 1 aliphatic rings. The highest BCUT2D eigenvalue weighted by molar-refractivity contribution is 6.42. The molecule has 1 amide bonds. The quantitative estimate of drug-likeness (QED) is 0.269. The molecule has 0 spiro atoms. The minimum atomic E-state index is -4.44. The van der Waals surface area contributed by atoms with Gasteiger partial charge in [0.1, 0.15) is 11.9 Å². The number of aromatic nitrogens is 1. The summed E-state index contributed by atoms with van der Waals surface area (Å²) in [4.78, 5) is 18.3. The second-order valence-corrected chi connectivity index (χ2v) is 9.18. The molecule has 2 heterocycles. The zero-order valence-corrected chi connectivity index (χ0v) is 19.9. The Morgan fingerprint density at radius 2 is 1.77 bits per heavy atom. The summed E-state index contributed by atoms with van der Waals surface area (Å²) in [6.45, 7) is 2.45. The first-order chi connectivity index (χ1) is 16.5. The number of alkyl halides is 3. The standard InChI is InChI=1S/C25H20Cl2F4N2O2/c1-14(35-18-6-4-17(5-7-18)25(29,30)31)19-12-33(24(34)16-3-9-23(28)32-11-16)13-20(19)15-2-8-21(26)22(27)10-15/h2-11,14,19-20H,12-13H2,1H3/t14-,19?,20+/m1/s1. The van der Waals surface area contributed by atoms with Crippen LogP contribution in [0.2, 0.25) is 10.0 Å². The van der Waals surface area contributed by atoms with Crippen LogP contribution in [0.1, 0.15) is 34.3 Å². The molecule has 1 aliphatic heterocycles. The number of halogens is 6. The van der Waals surface area contributed by atoms with E-state index in [-0.39, 0.29) is 29.1 Å². The summed E-state index contributed by atoms with van der Waals surface area (Å²) in [6, 6.07) is 12.2. The predicted molar refractivity (Wildman–Crippen MR) is 124 cm³/mol. The van der Waals surface area contributed by atoms with Crippen LogP contribution < -0.4 is 4.74 Å². The van der Waals surface area contributed by atoms with Crippen LogP contribution in [0.5, 0.6) is 5.75 Å². The van der Waals surface area contributed by atoms with E-state index in [9.17, 15) is 22.4 Å². The Hall–Kier alpha value is -2.84. The lowest BCUT2D eigenvalue weighted by Gasteiger charge is -2.26. The molecular formula is C25H20Cl2F4N2O2. The SMILES string of the molecule is C[C@@H](Oc1ccc(C(F)(F)F)cc1)C1CN(C(=O)c2ccc(F)nc2)C[C@H]1c1ccc(Cl)c(Cl)c1. The average molecular weight is 527 g/mol. The van der Waals surface area contributed by atoms with Gasteiger partial charge in [-0.2, -0.15) is 17.6 Å². The third-order valence-corrected chi connectivity index (χ3v) is 6.84. The van der Waals surface area contributed by atoms with Gasteiger partial charge in [-0.15, -0.1) is 0 Å². The van der Waals surface area contributed by atoms with Crippen molar-refractivity contribution in [3.8, 4) is 5.75 Å². The molecule has 184 valence electrons. The summed E-state index contributed by atoms with van der Waals surface area (Å²) in [6.07, 6.45) is -3.72. The van der Waals surface area contributed by atoms with E-state index >= 15 is 0 Å². The molecule has 0 radical (unpaired) electrons. The van der Waals surface area contributed by atoms with Crippen molar-refractivity contribution in [1.82, 2.24) is 9.88 Å². The maximum Gasteiger partial charge on any atom is 0.416 e. The molecule has 3 aromatic rings. The van der Waals surface area contributed by atoms with Crippen LogP contribution in [0.4, 0.5) is 17.6 Å². The second-order valence-electron chi connectivity index (χ2n) is 8.37. The molecule has 4 nitrogen and oxygen atoms in total. The third kappa shape index (κ3) is 5.70. The molecule has 3 atom stereocenters. The third-order valence-electron chi connectivity index (χ3n) is 6.11. The van der Waals surface area contributed by atoms with Crippen LogP contribution in [0.25, 0.3) is 0 Å². The van der Waals surface area contributed by atoms with E-state index in [4.69, 9.17) is 27.9 Å². The summed E-state index contributed by atoms with van der Waals surface area (Å²) in [5.41, 5.74) is 0.327. The Morgan fingerprint density at radius 3 is 2.37 bits per heavy atom. The smallest absolute Gasteiger partial charge is 0.416 e. The number of hydrogen-bond acceptors (Lipinski definition) is 3. The number of nitrogens with zero attached hydrogens (tertiary/aromatic N) is 2. The van der Waals surface area contributed by atoms with Crippen LogP contribution in [0, 0.1) is 11.9 Å². The fourth-order valence-corrected chi connectivity index (χ4v) is 4.58. The van der Waals surface area contributed by atoms with Gasteiger partial charge in [-0.05, 0) is 61.0 Å². The number of benzene rings is 2. The van der Waals surface area contributed by atoms with E-state index in [0.717, 1.165) is 23.8 Å². The van der Waals surface area contributed by atoms with Gasteiger partial charge in [0, 0.05) is 31.1 Å². The molecule has 10 heteroatoms. The zero-order valence-electron chi connectivity index (χ0n) is 18.4. The molecule has 0 bridgehead atoms. The molecule has 1 fully saturated rings. The van der Waals surface area contributed by atoms with Crippen molar-refractivity contribution in [2.45, 2.75) is 25.1 Å². The lowest BCUT2D eigenvalue weighted by molar-refractivity contribution is -0.137. The first kappa shape index (κ1) is 25.3. The van der Waals surface area contributed by atoms with Crippen molar-refractivity contribution in [2.75, 3.05) is 13.1 Å². The number of pyridine rings is 1. The minimum absolute atomic E-state index is 0.188. The summed E-state index contributed by atoms with van der Waals surface area (Å²) < 4.78 is 57.9. The van der Waals surface area contributed by atoms with Crippen molar-refractivity contribution in [3.05, 3.63) is 93.5 Å². The number of carbonyl (C=O) groups excluding carboxylic acids is 1. The lowest BCUT2D eigenvalue weighted by atomic mass is 9.85. The van der Waals surface area contributed by atoms with Crippen molar-refractivity contribution < 1.29 is 27.1 Å². The first-order valence-electron chi connectivity index (χ1n) is 10.7. The number of likely N-dealkylation sites (tertiary alicyclic amines) is 1. The molecule has 0 aliphatic carbocycles. The van der Waals surface area contributed by atoms with Crippen molar-refractivity contribution in [2.24, 2.45) is 5.92 Å². The summed E-state index contributed by atoms with van der Waals surface area (Å²) in [5.74, 6) is -1.12. The molecule has 2 aromatic carbocycles. The molecule has 1 unspecified atom stereocenters. The summed E-state index contributed by atoms with van der Waals surface area (Å²) >= 11 is 12.3. The summed E-state index contributed by atoms with van der Waals surface area (Å²) in [7, 11) is 0. The normalized spacial score (nSPS) is 19.0. The zero-order chi connectivity index (χ0) is 25.3. The van der Waals surface area contributed by atoms with E-state index in [1.165, 1.54) is 24.4 Å². The number of amides is 1. The van der Waals surface area contributed by atoms with E-state index < -0.39 is 23.8 Å². The number of hydrogen-bond donors (Lipinski definition) is 0. The number of carbonyl (C=O) groups is 1. The van der Waals surface area contributed by atoms with Gasteiger partial charge in [0.15, 0.2) is 0 Å². The van der Waals surface area contributed by atoms with Gasteiger partial charge < -0.3 is 9.64 Å². The van der Waals surface area contributed by atoms with Gasteiger partial charge in [-0.25, -0.2) is 4.98 Å². The van der Waals surface area contributed by atoms with Crippen LogP contribution in [-0.4, -0.2) is 35.0 Å². The van der Waals surface area contributed by atoms with E-state index in [2.05, 4.69) is 4.98 Å². The van der Waals surface area contributed by atoms with Gasteiger partial charge in [0.05, 0.1) is 21.2 Å². The van der Waals surface area contributed by atoms with Crippen LogP contribution in [0.3, 0.4) is 0 Å². The van der Waals surface area contributed by atoms with E-state index in [1.54, 1.807) is 24.0 Å². The van der Waals surface area contributed by atoms with Gasteiger partial charge in [0.2, 0.25) is 5.95 Å². The maximum absolute atomic E-state index is 13.2. The Kier molecular flexibility index (Phi) is 7.24. The van der Waals surface area contributed by atoms with Crippen LogP contribution in [-0.2, 0) is 6.18 Å². The van der Waals surface area contributed by atoms with Crippen molar-refractivity contribution in [1.29, 1.82) is 0 Å². The number of ether oxygens (including phenoxy) is 1. The molecule has 0 N–H and O–H groups in total. The maximum atomic E-state index is 13.2. The topological polar surface area (TPSA) is 42.4 Å². The van der Waals surface area contributed by atoms with Gasteiger partial charge in [-0.1, -0.05) is 29.3 Å². The highest BCUT2D eigenvalue weighted by Gasteiger charge is 2.40. The second kappa shape index (κ2) is 10.0. The predicted octanol–water partition coefficient (Wildman–Crippen LogP) is 6.87. The Morgan fingerprint density at radius 1 is 1.06 bits per heavy atom. The minimum Gasteiger partial charge on any atom is -0.490 e. The molecule has 35 heavy (non-hydrogen) atoms. The van der Waals surface area contributed by atoms with Crippen molar-refractivity contribution >= 4 is 29.1 Å². The molecule has 4 rings (SSSR count). The number of rotatable bonds is 5. The van der Waals surface area contributed by atoms with Gasteiger partial charge in [-0.3, -0.25) is 4.79 Å². The van der Waals surface area contributed by atoms with E-state index in [0.29, 0.717) is 23.1 Å². The molecular weight excluding hydrogens is 507 g/mol. The molecule has 1 aromatic heterocycles. The van der Waals surface area contributed by atoms with Gasteiger partial charge >= 0.3 is 6.18 Å². The van der Waals surface area contributed by atoms with E-state index in [1.807, 2.05) is 6.07 Å². The summed E-state index contributed by atoms with van der Waals surface area (Å²) in [5, 5.41) is 0.760.